The fourth-order valence-corrected chi connectivity index (χ4v) is 4.75. The summed E-state index contributed by atoms with van der Waals surface area (Å²) in [6.45, 7) is 1.37. The first kappa shape index (κ1) is 22.8. The Balaban J connectivity index is 1.39. The lowest BCUT2D eigenvalue weighted by molar-refractivity contribution is 0.191. The van der Waals surface area contributed by atoms with Gasteiger partial charge in [0.15, 0.2) is 0 Å². The highest BCUT2D eigenvalue weighted by molar-refractivity contribution is 5.89. The molecule has 1 atom stereocenters. The minimum atomic E-state index is -0.0683. The highest BCUT2D eigenvalue weighted by Gasteiger charge is 2.28. The Hall–Kier alpha value is -4.00. The first-order valence-electron chi connectivity index (χ1n) is 12.0. The van der Waals surface area contributed by atoms with Crippen molar-refractivity contribution in [2.24, 2.45) is 0 Å². The van der Waals surface area contributed by atoms with Crippen LogP contribution in [0.3, 0.4) is 0 Å². The van der Waals surface area contributed by atoms with E-state index >= 15 is 0 Å². The van der Waals surface area contributed by atoms with Gasteiger partial charge in [0.05, 0.1) is 18.3 Å². The van der Waals surface area contributed by atoms with Gasteiger partial charge in [0.25, 0.3) is 0 Å². The molecule has 2 aromatic carbocycles. The smallest absolute Gasteiger partial charge is 0.321 e. The average Bonchev–Trinajstić information content (AvgIpc) is 3.29. The number of nitrogens with zero attached hydrogens (tertiary/aromatic N) is 4. The van der Waals surface area contributed by atoms with Gasteiger partial charge in [0, 0.05) is 56.2 Å². The molecular weight excluding hydrogens is 438 g/mol. The van der Waals surface area contributed by atoms with Crippen molar-refractivity contribution in [2.45, 2.75) is 18.8 Å². The average molecular weight is 470 g/mol. The molecule has 1 fully saturated rings. The lowest BCUT2D eigenvalue weighted by Gasteiger charge is -2.32. The van der Waals surface area contributed by atoms with Crippen LogP contribution in [0.5, 0.6) is 5.75 Å². The quantitative estimate of drug-likeness (QED) is 0.420. The maximum Gasteiger partial charge on any atom is 0.321 e. The zero-order valence-corrected chi connectivity index (χ0v) is 20.4. The van der Waals surface area contributed by atoms with Crippen LogP contribution in [0.1, 0.15) is 24.6 Å². The Morgan fingerprint density at radius 2 is 1.91 bits per heavy atom. The van der Waals surface area contributed by atoms with Gasteiger partial charge in [-0.3, -0.25) is 0 Å². The largest absolute Gasteiger partial charge is 0.497 e. The number of likely N-dealkylation sites (tertiary alicyclic amines) is 1. The molecule has 0 bridgehead atoms. The first-order chi connectivity index (χ1) is 17.0. The van der Waals surface area contributed by atoms with E-state index in [9.17, 15) is 4.79 Å². The number of anilines is 2. The van der Waals surface area contributed by atoms with Gasteiger partial charge >= 0.3 is 6.03 Å². The molecule has 2 aromatic heterocycles. The highest BCUT2D eigenvalue weighted by atomic mass is 16.5. The number of aromatic nitrogens is 2. The van der Waals surface area contributed by atoms with E-state index in [4.69, 9.17) is 9.72 Å². The predicted octanol–water partition coefficient (Wildman–Crippen LogP) is 5.49. The summed E-state index contributed by atoms with van der Waals surface area (Å²) in [5.41, 5.74) is 4.90. The van der Waals surface area contributed by atoms with E-state index in [1.807, 2.05) is 78.5 Å². The van der Waals surface area contributed by atoms with E-state index in [2.05, 4.69) is 28.0 Å². The van der Waals surface area contributed by atoms with Crippen molar-refractivity contribution in [3.8, 4) is 17.0 Å². The molecule has 1 unspecified atom stereocenters. The standard InChI is InChI=1S/C28H31N5O2/c1-31(2)23-14-12-22(13-15-23)29-28(34)32-16-7-9-21(19-32)27-30-26(25-11-4-5-17-33(25)27)20-8-6-10-24(18-20)35-3/h4-6,8,10-15,17-18,21H,7,9,16,19H2,1-3H3,(H,29,34). The summed E-state index contributed by atoms with van der Waals surface area (Å²) in [5, 5.41) is 3.06. The number of hydrogen-bond donors (Lipinski definition) is 1. The number of carbonyl (C=O) groups is 1. The first-order valence-corrected chi connectivity index (χ1v) is 12.0. The molecule has 0 spiro atoms. The van der Waals surface area contributed by atoms with Gasteiger partial charge in [-0.1, -0.05) is 18.2 Å². The molecule has 1 aliphatic rings. The molecule has 0 aliphatic carbocycles. The van der Waals surface area contributed by atoms with Crippen LogP contribution < -0.4 is 15.0 Å². The van der Waals surface area contributed by atoms with Crippen LogP contribution in [-0.2, 0) is 0 Å². The Labute approximate surface area is 206 Å². The molecule has 35 heavy (non-hydrogen) atoms. The lowest BCUT2D eigenvalue weighted by atomic mass is 9.97. The van der Waals surface area contributed by atoms with Gasteiger partial charge in [-0.2, -0.15) is 0 Å². The van der Waals surface area contributed by atoms with Crippen LogP contribution in [-0.4, -0.2) is 54.6 Å². The summed E-state index contributed by atoms with van der Waals surface area (Å²) < 4.78 is 7.60. The Bertz CT molecular complexity index is 1330. The maximum atomic E-state index is 13.1. The number of urea groups is 1. The number of rotatable bonds is 5. The van der Waals surface area contributed by atoms with Crippen molar-refractivity contribution in [1.82, 2.24) is 14.3 Å². The SMILES string of the molecule is COc1cccc(-c2nc(C3CCCN(C(=O)Nc4ccc(N(C)C)cc4)C3)n3ccccc23)c1. The number of pyridine rings is 1. The number of hydrogen-bond acceptors (Lipinski definition) is 4. The van der Waals surface area contributed by atoms with Crippen molar-refractivity contribution in [3.05, 3.63) is 78.8 Å². The van der Waals surface area contributed by atoms with Gasteiger partial charge < -0.3 is 24.3 Å². The van der Waals surface area contributed by atoms with E-state index in [1.165, 1.54) is 0 Å². The molecule has 7 nitrogen and oxygen atoms in total. The number of fused-ring (bicyclic) bond motifs is 1. The fourth-order valence-electron chi connectivity index (χ4n) is 4.75. The van der Waals surface area contributed by atoms with Gasteiger partial charge in [-0.05, 0) is 61.4 Å². The fraction of sp³-hybridized carbons (Fsp3) is 0.286. The Kier molecular flexibility index (Phi) is 6.31. The number of imidazole rings is 1. The molecule has 180 valence electrons. The molecule has 1 N–H and O–H groups in total. The molecular formula is C28H31N5O2. The Morgan fingerprint density at radius 1 is 1.09 bits per heavy atom. The number of benzene rings is 2. The van der Waals surface area contributed by atoms with Crippen molar-refractivity contribution >= 4 is 22.9 Å². The van der Waals surface area contributed by atoms with Crippen molar-refractivity contribution < 1.29 is 9.53 Å². The van der Waals surface area contributed by atoms with Crippen LogP contribution in [0, 0.1) is 0 Å². The third-order valence-corrected chi connectivity index (χ3v) is 6.63. The number of methoxy groups -OCH3 is 1. The summed E-state index contributed by atoms with van der Waals surface area (Å²) in [6, 6.07) is 22.0. The normalized spacial score (nSPS) is 15.7. The molecule has 0 saturated carbocycles. The molecule has 1 saturated heterocycles. The summed E-state index contributed by atoms with van der Waals surface area (Å²) in [6.07, 6.45) is 3.99. The molecule has 5 rings (SSSR count). The molecule has 3 heterocycles. The van der Waals surface area contributed by atoms with E-state index in [0.29, 0.717) is 6.54 Å². The van der Waals surface area contributed by atoms with E-state index in [1.54, 1.807) is 7.11 Å². The number of piperidine rings is 1. The number of amides is 2. The van der Waals surface area contributed by atoms with Gasteiger partial charge in [0.2, 0.25) is 0 Å². The van der Waals surface area contributed by atoms with Crippen LogP contribution >= 0.6 is 0 Å². The summed E-state index contributed by atoms with van der Waals surface area (Å²) >= 11 is 0. The number of ether oxygens (including phenoxy) is 1. The predicted molar refractivity (Wildman–Crippen MR) is 141 cm³/mol. The number of carbonyl (C=O) groups excluding carboxylic acids is 1. The maximum absolute atomic E-state index is 13.1. The lowest BCUT2D eigenvalue weighted by Crippen LogP contribution is -2.42. The van der Waals surface area contributed by atoms with Gasteiger partial charge in [0.1, 0.15) is 11.6 Å². The molecule has 7 heteroatoms. The molecule has 4 aromatic rings. The second kappa shape index (κ2) is 9.70. The second-order valence-corrected chi connectivity index (χ2v) is 9.16. The summed E-state index contributed by atoms with van der Waals surface area (Å²) in [7, 11) is 5.68. The van der Waals surface area contributed by atoms with Crippen LogP contribution in [0.25, 0.3) is 16.8 Å². The number of nitrogens with one attached hydrogen (secondary N) is 1. The van der Waals surface area contributed by atoms with Crippen LogP contribution in [0.2, 0.25) is 0 Å². The van der Waals surface area contributed by atoms with E-state index in [0.717, 1.165) is 59.1 Å². The molecule has 1 aliphatic heterocycles. The minimum absolute atomic E-state index is 0.0683. The van der Waals surface area contributed by atoms with Crippen LogP contribution in [0.15, 0.2) is 72.9 Å². The molecule has 2 amide bonds. The summed E-state index contributed by atoms with van der Waals surface area (Å²) in [5.74, 6) is 1.95. The zero-order valence-electron chi connectivity index (χ0n) is 20.4. The third-order valence-electron chi connectivity index (χ3n) is 6.63. The van der Waals surface area contributed by atoms with Crippen LogP contribution in [0.4, 0.5) is 16.2 Å². The minimum Gasteiger partial charge on any atom is -0.497 e. The second-order valence-electron chi connectivity index (χ2n) is 9.16. The molecule has 0 radical (unpaired) electrons. The zero-order chi connectivity index (χ0) is 24.4. The monoisotopic (exact) mass is 469 g/mol. The Morgan fingerprint density at radius 3 is 2.69 bits per heavy atom. The van der Waals surface area contributed by atoms with Crippen molar-refractivity contribution in [1.29, 1.82) is 0 Å². The van der Waals surface area contributed by atoms with Gasteiger partial charge in [-0.15, -0.1) is 0 Å². The topological polar surface area (TPSA) is 62.1 Å². The van der Waals surface area contributed by atoms with E-state index in [-0.39, 0.29) is 11.9 Å². The summed E-state index contributed by atoms with van der Waals surface area (Å²) in [4.78, 5) is 22.1. The van der Waals surface area contributed by atoms with Crippen molar-refractivity contribution in [3.63, 3.8) is 0 Å². The highest BCUT2D eigenvalue weighted by Crippen LogP contribution is 2.33. The van der Waals surface area contributed by atoms with Crippen molar-refractivity contribution in [2.75, 3.05) is 44.5 Å². The third kappa shape index (κ3) is 4.67. The van der Waals surface area contributed by atoms with Gasteiger partial charge in [-0.25, -0.2) is 9.78 Å². The van der Waals surface area contributed by atoms with E-state index < -0.39 is 0 Å².